The van der Waals surface area contributed by atoms with Gasteiger partial charge in [-0.1, -0.05) is 388 Å². The number of nitrogens with zero attached hydrogens (tertiary/aromatic N) is 3. The van der Waals surface area contributed by atoms with Gasteiger partial charge in [-0.05, 0) is 268 Å². The van der Waals surface area contributed by atoms with Crippen molar-refractivity contribution >= 4 is 113 Å². The third-order valence-corrected chi connectivity index (χ3v) is 25.5. The fraction of sp³-hybridized carbons (Fsp3) is 0. The molecule has 0 spiro atoms. The summed E-state index contributed by atoms with van der Waals surface area (Å²) in [7, 11) is 0. The molecule has 0 saturated heterocycles. The van der Waals surface area contributed by atoms with E-state index in [1.54, 1.807) is 0 Å². The van der Waals surface area contributed by atoms with Crippen molar-refractivity contribution in [1.82, 2.24) is 13.7 Å². The Labute approximate surface area is 758 Å². The second kappa shape index (κ2) is 34.9. The highest BCUT2D eigenvalue weighted by Crippen LogP contribution is 2.44. The first kappa shape index (κ1) is 78.5. The van der Waals surface area contributed by atoms with Crippen LogP contribution in [-0.4, -0.2) is 13.7 Å². The molecule has 20 aromatic carbocycles. The highest BCUT2D eigenvalue weighted by atomic mass is 79.9. The van der Waals surface area contributed by atoms with Gasteiger partial charge in [-0.2, -0.15) is 0 Å². The minimum Gasteiger partial charge on any atom is -0.309 e. The monoisotopic (exact) mass is 1800 g/mol. The van der Waals surface area contributed by atoms with E-state index < -0.39 is 0 Å². The zero-order valence-electron chi connectivity index (χ0n) is 68.7. The SMILES string of the molecule is Brc1cc(-c2ccccc2)cc(-c2cccc(-c3ccc4c5cc(-c6ccccc6)ccc5n(-c5ccccc5)c4c3)c2)c1.Brc1cccc(-c2cccc(-c3ccc4c5ccccc5n(-c5cc(-c6ccccc6)cc(-c6ccccc6)c5)c4c3)c2)c1.Brc1cccc(-c2cccc(-c3ccc4c5ccccc5n(-c5cccc(-c6ccccc6)c5)c4c3)c2)c1. The van der Waals surface area contributed by atoms with Crippen LogP contribution >= 0.6 is 47.8 Å². The predicted molar refractivity (Wildman–Crippen MR) is 545 cm³/mol. The highest BCUT2D eigenvalue weighted by Gasteiger charge is 2.21. The molecule has 0 amide bonds. The van der Waals surface area contributed by atoms with Crippen molar-refractivity contribution in [3.8, 4) is 139 Å². The molecule has 3 aromatic heterocycles. The van der Waals surface area contributed by atoms with Crippen LogP contribution in [0.1, 0.15) is 0 Å². The topological polar surface area (TPSA) is 14.8 Å². The molecule has 0 saturated carbocycles. The number of rotatable bonds is 14. The summed E-state index contributed by atoms with van der Waals surface area (Å²) in [5.41, 5.74) is 37.2. The summed E-state index contributed by atoms with van der Waals surface area (Å²) in [4.78, 5) is 0. The Balaban J connectivity index is 0.000000116. The van der Waals surface area contributed by atoms with Gasteiger partial charge in [0.05, 0.1) is 33.1 Å². The number of para-hydroxylation sites is 3. The summed E-state index contributed by atoms with van der Waals surface area (Å²) in [6.45, 7) is 0. The molecular formula is C120H80Br3N3. The largest absolute Gasteiger partial charge is 0.309 e. The first-order valence-corrected chi connectivity index (χ1v) is 44.9. The van der Waals surface area contributed by atoms with Crippen LogP contribution in [0.25, 0.3) is 205 Å². The number of hydrogen-bond acceptors (Lipinski definition) is 0. The molecule has 0 aliphatic rings. The molecule has 23 aromatic rings. The zero-order chi connectivity index (χ0) is 84.4. The minimum atomic E-state index is 1.07. The Morgan fingerprint density at radius 1 is 0.111 bits per heavy atom. The summed E-state index contributed by atoms with van der Waals surface area (Å²) < 4.78 is 10.5. The molecule has 0 N–H and O–H groups in total. The maximum absolute atomic E-state index is 3.76. The van der Waals surface area contributed by atoms with Gasteiger partial charge in [0.25, 0.3) is 0 Å². The van der Waals surface area contributed by atoms with Crippen molar-refractivity contribution in [3.63, 3.8) is 0 Å². The smallest absolute Gasteiger partial charge is 0.0547 e. The Hall–Kier alpha value is -14.8. The lowest BCUT2D eigenvalue weighted by molar-refractivity contribution is 1.18. The van der Waals surface area contributed by atoms with Crippen molar-refractivity contribution in [2.75, 3.05) is 0 Å². The number of aromatic nitrogens is 3. The predicted octanol–water partition coefficient (Wildman–Crippen LogP) is 35.0. The van der Waals surface area contributed by atoms with Crippen LogP contribution < -0.4 is 0 Å². The van der Waals surface area contributed by atoms with Crippen LogP contribution in [0.3, 0.4) is 0 Å². The molecule has 0 bridgehead atoms. The van der Waals surface area contributed by atoms with Crippen molar-refractivity contribution in [2.45, 2.75) is 0 Å². The van der Waals surface area contributed by atoms with Gasteiger partial charge in [0, 0.05) is 62.8 Å². The third-order valence-electron chi connectivity index (χ3n) is 24.1. The van der Waals surface area contributed by atoms with E-state index in [2.05, 4.69) is 547 Å². The van der Waals surface area contributed by atoms with Crippen LogP contribution in [0.2, 0.25) is 0 Å². The van der Waals surface area contributed by atoms with Gasteiger partial charge in [0.15, 0.2) is 0 Å². The first-order valence-electron chi connectivity index (χ1n) is 42.5. The van der Waals surface area contributed by atoms with Crippen molar-refractivity contribution in [3.05, 3.63) is 499 Å². The zero-order valence-corrected chi connectivity index (χ0v) is 73.4. The van der Waals surface area contributed by atoms with Crippen LogP contribution in [0.4, 0.5) is 0 Å². The second-order valence-electron chi connectivity index (χ2n) is 31.9. The van der Waals surface area contributed by atoms with E-state index in [-0.39, 0.29) is 0 Å². The van der Waals surface area contributed by atoms with Crippen LogP contribution in [0.5, 0.6) is 0 Å². The second-order valence-corrected chi connectivity index (χ2v) is 34.7. The Kier molecular flexibility index (Phi) is 21.7. The molecule has 0 aliphatic heterocycles. The van der Waals surface area contributed by atoms with Gasteiger partial charge in [-0.3, -0.25) is 0 Å². The summed E-state index contributed by atoms with van der Waals surface area (Å²) in [6.07, 6.45) is 0. The normalized spacial score (nSPS) is 11.3. The molecule has 23 rings (SSSR count). The quantitative estimate of drug-likeness (QED) is 0.103. The maximum atomic E-state index is 3.76. The molecule has 126 heavy (non-hydrogen) atoms. The van der Waals surface area contributed by atoms with Crippen molar-refractivity contribution in [1.29, 1.82) is 0 Å². The van der Waals surface area contributed by atoms with Crippen molar-refractivity contribution in [2.24, 2.45) is 0 Å². The molecule has 0 radical (unpaired) electrons. The maximum Gasteiger partial charge on any atom is 0.0547 e. The van der Waals surface area contributed by atoms with Crippen LogP contribution in [-0.2, 0) is 0 Å². The van der Waals surface area contributed by atoms with E-state index in [4.69, 9.17) is 0 Å². The van der Waals surface area contributed by atoms with Crippen LogP contribution in [0.15, 0.2) is 499 Å². The van der Waals surface area contributed by atoms with Gasteiger partial charge in [0.2, 0.25) is 0 Å². The fourth-order valence-electron chi connectivity index (χ4n) is 18.0. The lowest BCUT2D eigenvalue weighted by Crippen LogP contribution is -1.96. The molecule has 0 atom stereocenters. The molecule has 596 valence electrons. The Morgan fingerprint density at radius 2 is 0.341 bits per heavy atom. The van der Waals surface area contributed by atoms with Gasteiger partial charge >= 0.3 is 0 Å². The van der Waals surface area contributed by atoms with E-state index in [0.717, 1.165) is 30.5 Å². The van der Waals surface area contributed by atoms with Gasteiger partial charge in [-0.15, -0.1) is 0 Å². The standard InChI is InChI=1S/2C42H28BrN.C36H24BrN/c43-37-25-35(30-13-6-2-7-14-30)24-36(26-37)32-16-10-15-31(23-32)34-19-21-39-40-27-33(29-11-4-1-5-12-29)20-22-41(40)44(42(39)28-34)38-17-8-3-9-18-38;43-37-18-10-17-33(25-37)31-15-9-16-32(23-31)34-21-22-40-39-19-7-8-20-41(39)44(42(40)28-34)38-26-35(29-11-3-1-4-12-29)24-36(27-38)30-13-5-2-6-14-30;37-31-15-7-13-28(22-31)26-11-6-12-27(21-26)30-19-20-34-33-17-4-5-18-35(33)38(36(34)24-30)32-16-8-14-29(23-32)25-9-2-1-3-10-25/h2*1-28H;1-24H. The van der Waals surface area contributed by atoms with Gasteiger partial charge < -0.3 is 13.7 Å². The number of benzene rings is 20. The number of halogens is 3. The first-order chi connectivity index (χ1) is 62.2. The van der Waals surface area contributed by atoms with E-state index in [1.165, 1.54) is 188 Å². The van der Waals surface area contributed by atoms with E-state index in [9.17, 15) is 0 Å². The summed E-state index contributed by atoms with van der Waals surface area (Å²) in [5.74, 6) is 0. The highest BCUT2D eigenvalue weighted by molar-refractivity contribution is 9.11. The molecule has 3 heterocycles. The van der Waals surface area contributed by atoms with Crippen molar-refractivity contribution < 1.29 is 0 Å². The lowest BCUT2D eigenvalue weighted by atomic mass is 9.96. The number of hydrogen-bond donors (Lipinski definition) is 0. The molecular weight excluding hydrogens is 1720 g/mol. The average molecular weight is 1800 g/mol. The molecule has 0 aliphatic carbocycles. The minimum absolute atomic E-state index is 1.07. The summed E-state index contributed by atoms with van der Waals surface area (Å²) in [6, 6.07) is 175. The van der Waals surface area contributed by atoms with Crippen LogP contribution in [0, 0.1) is 0 Å². The lowest BCUT2D eigenvalue weighted by Gasteiger charge is -2.14. The summed E-state index contributed by atoms with van der Waals surface area (Å²) >= 11 is 11.0. The summed E-state index contributed by atoms with van der Waals surface area (Å²) in [5, 5.41) is 7.54. The molecule has 0 fully saturated rings. The van der Waals surface area contributed by atoms with Gasteiger partial charge in [-0.25, -0.2) is 0 Å². The van der Waals surface area contributed by atoms with Gasteiger partial charge in [0.1, 0.15) is 0 Å². The van der Waals surface area contributed by atoms with E-state index >= 15 is 0 Å². The Bertz CT molecular complexity index is 7910. The Morgan fingerprint density at radius 3 is 0.754 bits per heavy atom. The number of fused-ring (bicyclic) bond motifs is 9. The fourth-order valence-corrected chi connectivity index (χ4v) is 19.3. The molecule has 3 nitrogen and oxygen atoms in total. The molecule has 0 unspecified atom stereocenters. The third kappa shape index (κ3) is 16.0. The average Bonchev–Trinajstić information content (AvgIpc) is 1.59. The van der Waals surface area contributed by atoms with E-state index in [1.807, 2.05) is 0 Å². The molecule has 6 heteroatoms. The van der Waals surface area contributed by atoms with E-state index in [0.29, 0.717) is 0 Å².